The van der Waals surface area contributed by atoms with E-state index in [2.05, 4.69) is 4.74 Å². The number of ether oxygens (including phenoxy) is 1. The molecule has 3 nitrogen and oxygen atoms in total. The zero-order valence-electron chi connectivity index (χ0n) is 9.09. The fourth-order valence-electron chi connectivity index (χ4n) is 1.35. The van der Waals surface area contributed by atoms with E-state index in [9.17, 15) is 4.79 Å². The summed E-state index contributed by atoms with van der Waals surface area (Å²) < 4.78 is 4.56. The third kappa shape index (κ3) is 3.61. The SMILES string of the molecule is CCCC(CCC)=C(C#N)C(=O)OC. The molecule has 0 aliphatic rings. The Morgan fingerprint density at radius 2 is 1.79 bits per heavy atom. The van der Waals surface area contributed by atoms with E-state index in [-0.39, 0.29) is 5.57 Å². The van der Waals surface area contributed by atoms with Crippen LogP contribution in [0.1, 0.15) is 39.5 Å². The van der Waals surface area contributed by atoms with Gasteiger partial charge in [0.05, 0.1) is 7.11 Å². The minimum Gasteiger partial charge on any atom is -0.465 e. The molecule has 14 heavy (non-hydrogen) atoms. The lowest BCUT2D eigenvalue weighted by molar-refractivity contribution is -0.135. The number of hydrogen-bond acceptors (Lipinski definition) is 3. The van der Waals surface area contributed by atoms with Crippen molar-refractivity contribution in [2.24, 2.45) is 0 Å². The molecule has 0 aromatic heterocycles. The molecular formula is C11H17NO2. The lowest BCUT2D eigenvalue weighted by atomic mass is 10.00. The number of nitrogens with zero attached hydrogens (tertiary/aromatic N) is 1. The molecule has 0 heterocycles. The Labute approximate surface area is 85.4 Å². The number of carbonyl (C=O) groups is 1. The third-order valence-electron chi connectivity index (χ3n) is 1.96. The summed E-state index contributed by atoms with van der Waals surface area (Å²) >= 11 is 0. The fraction of sp³-hybridized carbons (Fsp3) is 0.636. The largest absolute Gasteiger partial charge is 0.465 e. The van der Waals surface area contributed by atoms with Crippen molar-refractivity contribution in [1.82, 2.24) is 0 Å². The molecule has 0 unspecified atom stereocenters. The Morgan fingerprint density at radius 1 is 1.29 bits per heavy atom. The highest BCUT2D eigenvalue weighted by atomic mass is 16.5. The molecule has 0 N–H and O–H groups in total. The Hall–Kier alpha value is -1.30. The molecule has 0 aromatic rings. The van der Waals surface area contributed by atoms with Crippen LogP contribution in [0.15, 0.2) is 11.1 Å². The highest BCUT2D eigenvalue weighted by Gasteiger charge is 2.14. The summed E-state index contributed by atoms with van der Waals surface area (Å²) in [6, 6.07) is 1.93. The zero-order chi connectivity index (χ0) is 11.0. The van der Waals surface area contributed by atoms with Crippen molar-refractivity contribution in [3.63, 3.8) is 0 Å². The number of rotatable bonds is 5. The molecule has 78 valence electrons. The summed E-state index contributed by atoms with van der Waals surface area (Å²) in [7, 11) is 1.30. The smallest absolute Gasteiger partial charge is 0.348 e. The Kier molecular flexibility index (Phi) is 6.47. The second-order valence-corrected chi connectivity index (χ2v) is 3.08. The second-order valence-electron chi connectivity index (χ2n) is 3.08. The predicted molar refractivity (Wildman–Crippen MR) is 54.5 cm³/mol. The molecule has 0 aliphatic carbocycles. The number of nitriles is 1. The molecule has 0 radical (unpaired) electrons. The first-order chi connectivity index (χ1) is 6.71. The molecular weight excluding hydrogens is 178 g/mol. The van der Waals surface area contributed by atoms with Crippen LogP contribution in [0.4, 0.5) is 0 Å². The summed E-state index contributed by atoms with van der Waals surface area (Å²) in [4.78, 5) is 11.2. The van der Waals surface area contributed by atoms with Gasteiger partial charge in [0.2, 0.25) is 0 Å². The Bertz CT molecular complexity index is 253. The van der Waals surface area contributed by atoms with E-state index in [0.717, 1.165) is 31.3 Å². The van der Waals surface area contributed by atoms with Gasteiger partial charge in [0, 0.05) is 0 Å². The molecule has 0 aromatic carbocycles. The van der Waals surface area contributed by atoms with Crippen LogP contribution in [0.25, 0.3) is 0 Å². The average Bonchev–Trinajstić information content (AvgIpc) is 2.19. The van der Waals surface area contributed by atoms with Gasteiger partial charge in [0.1, 0.15) is 11.6 Å². The van der Waals surface area contributed by atoms with Gasteiger partial charge in [-0.15, -0.1) is 0 Å². The maximum Gasteiger partial charge on any atom is 0.348 e. The van der Waals surface area contributed by atoms with Crippen molar-refractivity contribution in [1.29, 1.82) is 5.26 Å². The topological polar surface area (TPSA) is 50.1 Å². The van der Waals surface area contributed by atoms with Crippen molar-refractivity contribution in [3.8, 4) is 6.07 Å². The summed E-state index contributed by atoms with van der Waals surface area (Å²) in [6.45, 7) is 4.06. The van der Waals surface area contributed by atoms with Gasteiger partial charge in [0.15, 0.2) is 0 Å². The standard InChI is InChI=1S/C11H17NO2/c1-4-6-9(7-5-2)10(8-12)11(13)14-3/h4-7H2,1-3H3. The zero-order valence-corrected chi connectivity index (χ0v) is 9.09. The van der Waals surface area contributed by atoms with Crippen LogP contribution < -0.4 is 0 Å². The average molecular weight is 195 g/mol. The van der Waals surface area contributed by atoms with Gasteiger partial charge in [-0.3, -0.25) is 0 Å². The summed E-state index contributed by atoms with van der Waals surface area (Å²) in [5, 5.41) is 8.84. The Morgan fingerprint density at radius 3 is 2.07 bits per heavy atom. The molecule has 0 saturated carbocycles. The molecule has 0 spiro atoms. The lowest BCUT2D eigenvalue weighted by Gasteiger charge is -2.06. The van der Waals surface area contributed by atoms with E-state index >= 15 is 0 Å². The van der Waals surface area contributed by atoms with Crippen molar-refractivity contribution < 1.29 is 9.53 Å². The molecule has 3 heteroatoms. The van der Waals surface area contributed by atoms with E-state index < -0.39 is 5.97 Å². The summed E-state index contributed by atoms with van der Waals surface area (Å²) in [5.74, 6) is -0.510. The highest BCUT2D eigenvalue weighted by Crippen LogP contribution is 2.17. The molecule has 0 aliphatic heterocycles. The minimum absolute atomic E-state index is 0.191. The molecule has 0 saturated heterocycles. The molecule has 0 atom stereocenters. The first-order valence-corrected chi connectivity index (χ1v) is 4.91. The van der Waals surface area contributed by atoms with Crippen molar-refractivity contribution >= 4 is 5.97 Å². The van der Waals surface area contributed by atoms with Crippen LogP contribution in [0.3, 0.4) is 0 Å². The molecule has 0 bridgehead atoms. The van der Waals surface area contributed by atoms with Gasteiger partial charge in [-0.05, 0) is 18.4 Å². The summed E-state index contributed by atoms with van der Waals surface area (Å²) in [5.41, 5.74) is 1.11. The number of methoxy groups -OCH3 is 1. The van der Waals surface area contributed by atoms with Crippen LogP contribution >= 0.6 is 0 Å². The van der Waals surface area contributed by atoms with Gasteiger partial charge in [-0.2, -0.15) is 5.26 Å². The number of esters is 1. The molecule has 0 amide bonds. The number of hydrogen-bond donors (Lipinski definition) is 0. The van der Waals surface area contributed by atoms with Crippen LogP contribution in [-0.2, 0) is 9.53 Å². The lowest BCUT2D eigenvalue weighted by Crippen LogP contribution is -2.06. The van der Waals surface area contributed by atoms with Crippen molar-refractivity contribution in [2.75, 3.05) is 7.11 Å². The van der Waals surface area contributed by atoms with Crippen LogP contribution in [0.5, 0.6) is 0 Å². The van der Waals surface area contributed by atoms with Crippen LogP contribution in [-0.4, -0.2) is 13.1 Å². The quantitative estimate of drug-likeness (QED) is 0.385. The highest BCUT2D eigenvalue weighted by molar-refractivity contribution is 5.93. The van der Waals surface area contributed by atoms with Gasteiger partial charge in [0.25, 0.3) is 0 Å². The second kappa shape index (κ2) is 7.14. The summed E-state index contributed by atoms with van der Waals surface area (Å²) in [6.07, 6.45) is 3.48. The van der Waals surface area contributed by atoms with E-state index in [1.54, 1.807) is 0 Å². The molecule has 0 fully saturated rings. The van der Waals surface area contributed by atoms with Gasteiger partial charge in [-0.25, -0.2) is 4.79 Å². The third-order valence-corrected chi connectivity index (χ3v) is 1.96. The minimum atomic E-state index is -0.510. The van der Waals surface area contributed by atoms with E-state index in [1.807, 2.05) is 19.9 Å². The van der Waals surface area contributed by atoms with Crippen LogP contribution in [0, 0.1) is 11.3 Å². The number of carbonyl (C=O) groups excluding carboxylic acids is 1. The first kappa shape index (κ1) is 12.7. The van der Waals surface area contributed by atoms with E-state index in [1.165, 1.54) is 7.11 Å². The Balaban J connectivity index is 4.89. The first-order valence-electron chi connectivity index (χ1n) is 4.91. The predicted octanol–water partition coefficient (Wildman–Crippen LogP) is 2.58. The van der Waals surface area contributed by atoms with Crippen LogP contribution in [0.2, 0.25) is 0 Å². The maximum atomic E-state index is 11.2. The normalized spacial score (nSPS) is 9.00. The van der Waals surface area contributed by atoms with Gasteiger partial charge in [-0.1, -0.05) is 26.7 Å². The van der Waals surface area contributed by atoms with Gasteiger partial charge < -0.3 is 4.74 Å². The van der Waals surface area contributed by atoms with Crippen molar-refractivity contribution in [3.05, 3.63) is 11.1 Å². The monoisotopic (exact) mass is 195 g/mol. The maximum absolute atomic E-state index is 11.2. The van der Waals surface area contributed by atoms with E-state index in [0.29, 0.717) is 0 Å². The van der Waals surface area contributed by atoms with Crippen molar-refractivity contribution in [2.45, 2.75) is 39.5 Å². The van der Waals surface area contributed by atoms with Gasteiger partial charge >= 0.3 is 5.97 Å². The fourth-order valence-corrected chi connectivity index (χ4v) is 1.35. The molecule has 0 rings (SSSR count). The van der Waals surface area contributed by atoms with E-state index in [4.69, 9.17) is 5.26 Å². The number of allylic oxidation sites excluding steroid dienone is 1.